The number of amides is 1. The van der Waals surface area contributed by atoms with Crippen molar-refractivity contribution in [1.82, 2.24) is 0 Å². The molecule has 0 N–H and O–H groups in total. The molecule has 1 amide bonds. The molecule has 0 atom stereocenters. The molecule has 0 radical (unpaired) electrons. The molecular weight excluding hydrogens is 366 g/mol. The molecule has 0 aliphatic carbocycles. The van der Waals surface area contributed by atoms with E-state index >= 15 is 0 Å². The summed E-state index contributed by atoms with van der Waals surface area (Å²) in [4.78, 5) is 25.8. The second-order valence-electron chi connectivity index (χ2n) is 4.92. The van der Waals surface area contributed by atoms with Gasteiger partial charge in [-0.15, -0.1) is 0 Å². The third-order valence-electron chi connectivity index (χ3n) is 3.41. The maximum Gasteiger partial charge on any atom is 0.299 e. The third kappa shape index (κ3) is 2.98. The molecule has 0 saturated carbocycles. The Labute approximate surface area is 141 Å². The monoisotopic (exact) mass is 375 g/mol. The van der Waals surface area contributed by atoms with Gasteiger partial charge in [0.05, 0.1) is 6.54 Å². The molecule has 110 valence electrons. The SMILES string of the molecule is O=C1C(=O)N(c2ccc(Br)cc2)CC1=Cc1ccc(Cl)cc1. The van der Waals surface area contributed by atoms with Crippen LogP contribution in [0.15, 0.2) is 58.6 Å². The highest BCUT2D eigenvalue weighted by atomic mass is 79.9. The quantitative estimate of drug-likeness (QED) is 0.584. The van der Waals surface area contributed by atoms with Gasteiger partial charge in [-0.3, -0.25) is 9.59 Å². The van der Waals surface area contributed by atoms with Gasteiger partial charge in [0, 0.05) is 20.8 Å². The van der Waals surface area contributed by atoms with Gasteiger partial charge < -0.3 is 4.90 Å². The Bertz CT molecular complexity index is 766. The van der Waals surface area contributed by atoms with E-state index in [-0.39, 0.29) is 6.54 Å². The molecule has 3 rings (SSSR count). The predicted octanol–water partition coefficient (Wildman–Crippen LogP) is 4.10. The van der Waals surface area contributed by atoms with Crippen LogP contribution in [-0.4, -0.2) is 18.2 Å². The number of ketones is 1. The molecule has 3 nitrogen and oxygen atoms in total. The van der Waals surface area contributed by atoms with Crippen LogP contribution in [0.3, 0.4) is 0 Å². The summed E-state index contributed by atoms with van der Waals surface area (Å²) in [5.74, 6) is -0.958. The van der Waals surface area contributed by atoms with Crippen LogP contribution in [0, 0.1) is 0 Å². The van der Waals surface area contributed by atoms with E-state index in [0.717, 1.165) is 10.0 Å². The van der Waals surface area contributed by atoms with Gasteiger partial charge in [0.15, 0.2) is 0 Å². The molecule has 0 bridgehead atoms. The number of rotatable bonds is 2. The normalized spacial score (nSPS) is 16.6. The molecule has 1 heterocycles. The zero-order valence-electron chi connectivity index (χ0n) is 11.4. The summed E-state index contributed by atoms with van der Waals surface area (Å²) >= 11 is 9.19. The molecule has 1 aliphatic rings. The van der Waals surface area contributed by atoms with Gasteiger partial charge in [0.2, 0.25) is 5.78 Å². The Kier molecular flexibility index (Phi) is 4.14. The van der Waals surface area contributed by atoms with Gasteiger partial charge in [0.1, 0.15) is 0 Å². The average molecular weight is 377 g/mol. The van der Waals surface area contributed by atoms with Crippen molar-refractivity contribution in [2.75, 3.05) is 11.4 Å². The van der Waals surface area contributed by atoms with Crippen LogP contribution in [0.4, 0.5) is 5.69 Å². The molecule has 0 aromatic heterocycles. The second-order valence-corrected chi connectivity index (χ2v) is 6.27. The van der Waals surface area contributed by atoms with Crippen LogP contribution < -0.4 is 4.90 Å². The molecule has 2 aromatic rings. The number of hydrogen-bond donors (Lipinski definition) is 0. The van der Waals surface area contributed by atoms with E-state index < -0.39 is 11.7 Å². The lowest BCUT2D eigenvalue weighted by molar-refractivity contribution is -0.132. The van der Waals surface area contributed by atoms with E-state index in [1.807, 2.05) is 24.3 Å². The topological polar surface area (TPSA) is 37.4 Å². The largest absolute Gasteiger partial charge is 0.301 e. The Morgan fingerprint density at radius 3 is 2.27 bits per heavy atom. The highest BCUT2D eigenvalue weighted by Gasteiger charge is 2.34. The lowest BCUT2D eigenvalue weighted by atomic mass is 10.1. The third-order valence-corrected chi connectivity index (χ3v) is 4.19. The second kappa shape index (κ2) is 6.07. The number of nitrogens with zero attached hydrogens (tertiary/aromatic N) is 1. The number of anilines is 1. The highest BCUT2D eigenvalue weighted by molar-refractivity contribution is 9.10. The Balaban J connectivity index is 1.89. The van der Waals surface area contributed by atoms with Crippen molar-refractivity contribution in [2.45, 2.75) is 0 Å². The molecule has 2 aromatic carbocycles. The van der Waals surface area contributed by atoms with E-state index in [4.69, 9.17) is 11.6 Å². The van der Waals surface area contributed by atoms with E-state index in [1.165, 1.54) is 4.90 Å². The molecule has 1 saturated heterocycles. The lowest BCUT2D eigenvalue weighted by Crippen LogP contribution is -2.26. The van der Waals surface area contributed by atoms with Gasteiger partial charge in [-0.1, -0.05) is 39.7 Å². The first-order chi connectivity index (χ1) is 10.5. The summed E-state index contributed by atoms with van der Waals surface area (Å²) in [6.45, 7) is 0.280. The van der Waals surface area contributed by atoms with Gasteiger partial charge in [-0.25, -0.2) is 0 Å². The predicted molar refractivity (Wildman–Crippen MR) is 90.9 cm³/mol. The van der Waals surface area contributed by atoms with Crippen molar-refractivity contribution in [3.63, 3.8) is 0 Å². The fourth-order valence-electron chi connectivity index (χ4n) is 2.27. The van der Waals surface area contributed by atoms with Gasteiger partial charge in [-0.2, -0.15) is 0 Å². The van der Waals surface area contributed by atoms with Crippen molar-refractivity contribution in [2.24, 2.45) is 0 Å². The minimum absolute atomic E-state index is 0.280. The number of carbonyl (C=O) groups is 2. The fourth-order valence-corrected chi connectivity index (χ4v) is 2.67. The first kappa shape index (κ1) is 15.0. The van der Waals surface area contributed by atoms with Gasteiger partial charge in [0.25, 0.3) is 5.91 Å². The minimum Gasteiger partial charge on any atom is -0.301 e. The van der Waals surface area contributed by atoms with Crippen LogP contribution in [0.5, 0.6) is 0 Å². The number of Topliss-reactive ketones (excluding diaryl/α,β-unsaturated/α-hetero) is 1. The fraction of sp³-hybridized carbons (Fsp3) is 0.0588. The summed E-state index contributed by atoms with van der Waals surface area (Å²) in [6.07, 6.45) is 1.73. The van der Waals surface area contributed by atoms with Crippen LogP contribution in [0.1, 0.15) is 5.56 Å². The van der Waals surface area contributed by atoms with Crippen molar-refractivity contribution >= 4 is 51.0 Å². The smallest absolute Gasteiger partial charge is 0.299 e. The van der Waals surface area contributed by atoms with Crippen molar-refractivity contribution in [1.29, 1.82) is 0 Å². The Morgan fingerprint density at radius 2 is 1.64 bits per heavy atom. The standard InChI is InChI=1S/C17H11BrClNO2/c18-13-3-7-15(8-4-13)20-10-12(16(21)17(20)22)9-11-1-5-14(19)6-2-11/h1-9H,10H2. The number of hydrogen-bond acceptors (Lipinski definition) is 2. The molecule has 0 unspecified atom stereocenters. The Hall–Kier alpha value is -1.91. The van der Waals surface area contributed by atoms with Crippen LogP contribution in [0.25, 0.3) is 6.08 Å². The zero-order valence-corrected chi connectivity index (χ0v) is 13.8. The maximum atomic E-state index is 12.1. The molecule has 1 aliphatic heterocycles. The number of halogens is 2. The van der Waals surface area contributed by atoms with Crippen LogP contribution in [-0.2, 0) is 9.59 Å². The van der Waals surface area contributed by atoms with E-state index in [1.54, 1.807) is 30.3 Å². The molecule has 5 heteroatoms. The van der Waals surface area contributed by atoms with E-state index in [0.29, 0.717) is 16.3 Å². The van der Waals surface area contributed by atoms with E-state index in [9.17, 15) is 9.59 Å². The van der Waals surface area contributed by atoms with E-state index in [2.05, 4.69) is 15.9 Å². The van der Waals surface area contributed by atoms with Crippen molar-refractivity contribution in [3.8, 4) is 0 Å². The zero-order chi connectivity index (χ0) is 15.7. The molecule has 22 heavy (non-hydrogen) atoms. The van der Waals surface area contributed by atoms with Gasteiger partial charge >= 0.3 is 0 Å². The highest BCUT2D eigenvalue weighted by Crippen LogP contribution is 2.25. The summed E-state index contributed by atoms with van der Waals surface area (Å²) in [6, 6.07) is 14.4. The minimum atomic E-state index is -0.498. The van der Waals surface area contributed by atoms with Crippen molar-refractivity contribution < 1.29 is 9.59 Å². The lowest BCUT2D eigenvalue weighted by Gasteiger charge is -2.14. The Morgan fingerprint density at radius 1 is 1.00 bits per heavy atom. The molecule has 1 fully saturated rings. The first-order valence-corrected chi connectivity index (χ1v) is 7.79. The van der Waals surface area contributed by atoms with Crippen molar-refractivity contribution in [3.05, 3.63) is 69.2 Å². The number of carbonyl (C=O) groups excluding carboxylic acids is 2. The number of benzene rings is 2. The van der Waals surface area contributed by atoms with Crippen LogP contribution in [0.2, 0.25) is 5.02 Å². The average Bonchev–Trinajstić information content (AvgIpc) is 2.79. The van der Waals surface area contributed by atoms with Gasteiger partial charge in [-0.05, 0) is 48.0 Å². The summed E-state index contributed by atoms with van der Waals surface area (Å²) < 4.78 is 0.922. The molecular formula is C17H11BrClNO2. The first-order valence-electron chi connectivity index (χ1n) is 6.62. The summed E-state index contributed by atoms with van der Waals surface area (Å²) in [5, 5.41) is 0.632. The molecule has 0 spiro atoms. The summed E-state index contributed by atoms with van der Waals surface area (Å²) in [5.41, 5.74) is 2.04. The summed E-state index contributed by atoms with van der Waals surface area (Å²) in [7, 11) is 0. The van der Waals surface area contributed by atoms with Crippen LogP contribution >= 0.6 is 27.5 Å². The maximum absolute atomic E-state index is 12.1.